The van der Waals surface area contributed by atoms with E-state index in [0.717, 1.165) is 33.4 Å². The summed E-state index contributed by atoms with van der Waals surface area (Å²) in [6.07, 6.45) is 0.00960. The third-order valence-electron chi connectivity index (χ3n) is 3.35. The molecule has 0 amide bonds. The van der Waals surface area contributed by atoms with E-state index in [4.69, 9.17) is 4.74 Å². The fourth-order valence-corrected chi connectivity index (χ4v) is 3.20. The van der Waals surface area contributed by atoms with Gasteiger partial charge >= 0.3 is 0 Å². The molecule has 138 valence electrons. The van der Waals surface area contributed by atoms with Crippen LogP contribution in [0.1, 0.15) is 17.6 Å². The van der Waals surface area contributed by atoms with E-state index in [1.165, 1.54) is 0 Å². The highest BCUT2D eigenvalue weighted by atomic mass is 127. The molecule has 1 atom stereocenters. The van der Waals surface area contributed by atoms with Gasteiger partial charge in [0.1, 0.15) is 11.9 Å². The lowest BCUT2D eigenvalue weighted by Gasteiger charge is -2.23. The minimum absolute atomic E-state index is 0. The molecule has 0 radical (unpaired) electrons. The smallest absolute Gasteiger partial charge is 0.193 e. The maximum atomic E-state index is 5.95. The number of halogens is 2. The number of aromatic nitrogens is 1. The fourth-order valence-electron chi connectivity index (χ4n) is 2.22. The van der Waals surface area contributed by atoms with Gasteiger partial charge in [-0.25, -0.2) is 4.98 Å². The summed E-state index contributed by atoms with van der Waals surface area (Å²) < 4.78 is 6.90. The Morgan fingerprint density at radius 1 is 1.44 bits per heavy atom. The number of aryl methyl sites for hydroxylation is 1. The molecule has 0 fully saturated rings. The highest BCUT2D eigenvalue weighted by Gasteiger charge is 2.11. The first-order valence-corrected chi connectivity index (χ1v) is 9.41. The first kappa shape index (κ1) is 22.2. The minimum Gasteiger partial charge on any atom is -0.488 e. The number of guanidine groups is 1. The van der Waals surface area contributed by atoms with Gasteiger partial charge in [-0.3, -0.25) is 4.99 Å². The van der Waals surface area contributed by atoms with Gasteiger partial charge in [-0.15, -0.1) is 35.3 Å². The van der Waals surface area contributed by atoms with Crippen molar-refractivity contribution in [1.29, 1.82) is 0 Å². The van der Waals surface area contributed by atoms with E-state index in [1.807, 2.05) is 45.2 Å². The number of nitrogens with one attached hydrogen (secondary N) is 1. The molecular weight excluding hydrogens is 515 g/mol. The average molecular weight is 539 g/mol. The van der Waals surface area contributed by atoms with Gasteiger partial charge in [-0.05, 0) is 41.9 Å². The van der Waals surface area contributed by atoms with Crippen molar-refractivity contribution < 1.29 is 4.74 Å². The van der Waals surface area contributed by atoms with Crippen LogP contribution in [0.3, 0.4) is 0 Å². The number of ether oxygens (including phenoxy) is 1. The van der Waals surface area contributed by atoms with Crippen molar-refractivity contribution >= 4 is 57.2 Å². The SMILES string of the molecule is CN=C(NCC(C)Oc1ccccc1Br)N(C)Cc1csc(C)n1.I. The normalized spacial score (nSPS) is 12.3. The zero-order valence-corrected chi connectivity index (χ0v) is 19.6. The zero-order chi connectivity index (χ0) is 17.5. The molecular formula is C17H24BrIN4OS. The molecule has 5 nitrogen and oxygen atoms in total. The lowest BCUT2D eigenvalue weighted by Crippen LogP contribution is -2.42. The summed E-state index contributed by atoms with van der Waals surface area (Å²) in [5.41, 5.74) is 1.06. The molecule has 25 heavy (non-hydrogen) atoms. The van der Waals surface area contributed by atoms with Crippen LogP contribution < -0.4 is 10.1 Å². The third-order valence-corrected chi connectivity index (χ3v) is 4.83. The van der Waals surface area contributed by atoms with Crippen molar-refractivity contribution in [3.05, 3.63) is 44.8 Å². The van der Waals surface area contributed by atoms with Crippen LogP contribution in [0.4, 0.5) is 0 Å². The average Bonchev–Trinajstić information content (AvgIpc) is 2.95. The Bertz CT molecular complexity index is 695. The molecule has 0 saturated carbocycles. The molecule has 0 spiro atoms. The van der Waals surface area contributed by atoms with E-state index in [1.54, 1.807) is 18.4 Å². The Kier molecular flexibility index (Phi) is 9.73. The van der Waals surface area contributed by atoms with Crippen molar-refractivity contribution in [3.8, 4) is 5.75 Å². The number of rotatable bonds is 6. The molecule has 0 bridgehead atoms. The number of nitrogens with zero attached hydrogens (tertiary/aromatic N) is 3. The van der Waals surface area contributed by atoms with E-state index in [0.29, 0.717) is 6.54 Å². The Labute approximate surface area is 179 Å². The second-order valence-electron chi connectivity index (χ2n) is 5.50. The summed E-state index contributed by atoms with van der Waals surface area (Å²) in [7, 11) is 3.79. The van der Waals surface area contributed by atoms with Crippen LogP contribution in [0.5, 0.6) is 5.75 Å². The zero-order valence-electron chi connectivity index (χ0n) is 14.8. The summed E-state index contributed by atoms with van der Waals surface area (Å²) in [4.78, 5) is 10.9. The maximum Gasteiger partial charge on any atom is 0.193 e. The molecule has 0 aliphatic carbocycles. The van der Waals surface area contributed by atoms with Crippen molar-refractivity contribution in [2.75, 3.05) is 20.6 Å². The number of thiazole rings is 1. The van der Waals surface area contributed by atoms with Crippen LogP contribution in [0, 0.1) is 6.92 Å². The molecule has 8 heteroatoms. The number of hydrogen-bond acceptors (Lipinski definition) is 4. The molecule has 1 unspecified atom stereocenters. The van der Waals surface area contributed by atoms with Gasteiger partial charge in [0.05, 0.1) is 28.3 Å². The van der Waals surface area contributed by atoms with Crippen LogP contribution in [0.25, 0.3) is 0 Å². The lowest BCUT2D eigenvalue weighted by molar-refractivity contribution is 0.221. The Morgan fingerprint density at radius 3 is 2.76 bits per heavy atom. The van der Waals surface area contributed by atoms with E-state index in [9.17, 15) is 0 Å². The standard InChI is InChI=1S/C17H23BrN4OS.HI/c1-12(23-16-8-6-5-7-15(16)18)9-20-17(19-3)22(4)10-14-11-24-13(2)21-14;/h5-8,11-12H,9-10H2,1-4H3,(H,19,20);1H. The molecule has 0 aliphatic rings. The molecule has 1 aromatic carbocycles. The number of hydrogen-bond donors (Lipinski definition) is 1. The second-order valence-corrected chi connectivity index (χ2v) is 7.42. The summed E-state index contributed by atoms with van der Waals surface area (Å²) in [5.74, 6) is 1.66. The molecule has 0 aliphatic heterocycles. The van der Waals surface area contributed by atoms with Crippen molar-refractivity contribution in [3.63, 3.8) is 0 Å². The maximum absolute atomic E-state index is 5.95. The molecule has 2 aromatic rings. The van der Waals surface area contributed by atoms with Crippen molar-refractivity contribution in [2.24, 2.45) is 4.99 Å². The molecule has 1 heterocycles. The van der Waals surface area contributed by atoms with Crippen LogP contribution in [0.2, 0.25) is 0 Å². The minimum atomic E-state index is 0. The van der Waals surface area contributed by atoms with Gasteiger partial charge < -0.3 is 15.0 Å². The monoisotopic (exact) mass is 538 g/mol. The fraction of sp³-hybridized carbons (Fsp3) is 0.412. The van der Waals surface area contributed by atoms with E-state index >= 15 is 0 Å². The number of aliphatic imine (C=N–C) groups is 1. The summed E-state index contributed by atoms with van der Waals surface area (Å²) in [6, 6.07) is 7.85. The third kappa shape index (κ3) is 7.10. The molecule has 2 rings (SSSR count). The van der Waals surface area contributed by atoms with Gasteiger partial charge in [0.15, 0.2) is 5.96 Å². The van der Waals surface area contributed by atoms with Crippen LogP contribution in [-0.4, -0.2) is 42.6 Å². The van der Waals surface area contributed by atoms with Crippen LogP contribution in [0.15, 0.2) is 39.1 Å². The van der Waals surface area contributed by atoms with Gasteiger partial charge in [0.25, 0.3) is 0 Å². The molecule has 1 aromatic heterocycles. The summed E-state index contributed by atoms with van der Waals surface area (Å²) in [6.45, 7) is 5.43. The van der Waals surface area contributed by atoms with Gasteiger partial charge in [-0.2, -0.15) is 0 Å². The van der Waals surface area contributed by atoms with Crippen molar-refractivity contribution in [1.82, 2.24) is 15.2 Å². The summed E-state index contributed by atoms with van der Waals surface area (Å²) >= 11 is 5.16. The topological polar surface area (TPSA) is 49.8 Å². The predicted molar refractivity (Wildman–Crippen MR) is 119 cm³/mol. The highest BCUT2D eigenvalue weighted by molar-refractivity contribution is 14.0. The first-order chi connectivity index (χ1) is 11.5. The van der Waals surface area contributed by atoms with Crippen LogP contribution >= 0.6 is 51.2 Å². The van der Waals surface area contributed by atoms with Gasteiger partial charge in [-0.1, -0.05) is 12.1 Å². The van der Waals surface area contributed by atoms with E-state index < -0.39 is 0 Å². The lowest BCUT2D eigenvalue weighted by atomic mass is 10.3. The second kappa shape index (κ2) is 11.0. The van der Waals surface area contributed by atoms with E-state index in [2.05, 4.69) is 41.5 Å². The molecule has 1 N–H and O–H groups in total. The summed E-state index contributed by atoms with van der Waals surface area (Å²) in [5, 5.41) is 6.51. The number of benzene rings is 1. The first-order valence-electron chi connectivity index (χ1n) is 7.73. The predicted octanol–water partition coefficient (Wildman–Crippen LogP) is 4.31. The van der Waals surface area contributed by atoms with Crippen molar-refractivity contribution in [2.45, 2.75) is 26.5 Å². The quantitative estimate of drug-likeness (QED) is 0.338. The van der Waals surface area contributed by atoms with Gasteiger partial charge in [0, 0.05) is 19.5 Å². The molecule has 0 saturated heterocycles. The number of para-hydroxylation sites is 1. The Hall–Kier alpha value is -0.870. The highest BCUT2D eigenvalue weighted by Crippen LogP contribution is 2.24. The largest absolute Gasteiger partial charge is 0.488 e. The Balaban J connectivity index is 0.00000312. The van der Waals surface area contributed by atoms with E-state index in [-0.39, 0.29) is 30.1 Å². The van der Waals surface area contributed by atoms with Gasteiger partial charge in [0.2, 0.25) is 0 Å². The van der Waals surface area contributed by atoms with Crippen LogP contribution in [-0.2, 0) is 6.54 Å². The Morgan fingerprint density at radius 2 is 2.16 bits per heavy atom.